The van der Waals surface area contributed by atoms with Crippen molar-refractivity contribution in [1.29, 1.82) is 0 Å². The summed E-state index contributed by atoms with van der Waals surface area (Å²) in [5, 5.41) is 0. The van der Waals surface area contributed by atoms with Crippen LogP contribution in [0.2, 0.25) is 0 Å². The summed E-state index contributed by atoms with van der Waals surface area (Å²) in [6.07, 6.45) is 4.59. The molecule has 114 valence electrons. The number of hydrogen-bond donors (Lipinski definition) is 0. The van der Waals surface area contributed by atoms with Gasteiger partial charge in [0.2, 0.25) is 0 Å². The minimum atomic E-state index is -0.728. The maximum absolute atomic E-state index is 11.6. The van der Waals surface area contributed by atoms with Gasteiger partial charge in [-0.1, -0.05) is 6.08 Å². The van der Waals surface area contributed by atoms with Crippen LogP contribution in [0.4, 0.5) is 0 Å². The standard InChI is InChI=1S/C16H8O7/c17-13-9-3-1-7(5-11(9)15(19)22-13)21-8-2-4-10-12(6-8)16(20)23-14(10)18/h1-6,9,11H. The zero-order valence-corrected chi connectivity index (χ0v) is 11.5. The Kier molecular flexibility index (Phi) is 2.71. The highest BCUT2D eigenvalue weighted by atomic mass is 16.6. The lowest BCUT2D eigenvalue weighted by Crippen LogP contribution is -2.17. The first-order valence-corrected chi connectivity index (χ1v) is 6.77. The predicted molar refractivity (Wildman–Crippen MR) is 72.1 cm³/mol. The van der Waals surface area contributed by atoms with E-state index in [0.717, 1.165) is 0 Å². The highest BCUT2D eigenvalue weighted by molar-refractivity contribution is 6.14. The van der Waals surface area contributed by atoms with Crippen LogP contribution in [0.1, 0.15) is 20.7 Å². The summed E-state index contributed by atoms with van der Waals surface area (Å²) < 4.78 is 14.7. The molecule has 1 aromatic rings. The first kappa shape index (κ1) is 13.4. The third kappa shape index (κ3) is 2.05. The second kappa shape index (κ2) is 4.64. The molecule has 0 saturated carbocycles. The molecule has 23 heavy (non-hydrogen) atoms. The molecule has 2 unspecified atom stereocenters. The van der Waals surface area contributed by atoms with Crippen LogP contribution in [0.3, 0.4) is 0 Å². The number of ether oxygens (including phenoxy) is 3. The molecule has 2 atom stereocenters. The van der Waals surface area contributed by atoms with Gasteiger partial charge in [-0.15, -0.1) is 0 Å². The van der Waals surface area contributed by atoms with Gasteiger partial charge in [0.15, 0.2) is 0 Å². The van der Waals surface area contributed by atoms with Gasteiger partial charge in [0.1, 0.15) is 11.5 Å². The molecule has 0 bridgehead atoms. The Bertz CT molecular complexity index is 846. The van der Waals surface area contributed by atoms with Crippen molar-refractivity contribution in [2.24, 2.45) is 11.8 Å². The maximum Gasteiger partial charge on any atom is 0.347 e. The molecule has 2 heterocycles. The number of cyclic esters (lactones) is 4. The fraction of sp³-hybridized carbons (Fsp3) is 0.125. The molecule has 1 saturated heterocycles. The summed E-state index contributed by atoms with van der Waals surface area (Å²) in [5.74, 6) is -3.29. The Balaban J connectivity index is 1.60. The van der Waals surface area contributed by atoms with Crippen LogP contribution < -0.4 is 4.74 Å². The number of hydrogen-bond acceptors (Lipinski definition) is 7. The molecule has 7 heteroatoms. The zero-order valence-electron chi connectivity index (χ0n) is 11.5. The molecular formula is C16H8O7. The normalized spacial score (nSPS) is 24.8. The Morgan fingerprint density at radius 1 is 0.870 bits per heavy atom. The number of fused-ring (bicyclic) bond motifs is 2. The number of allylic oxidation sites excluding steroid dienone is 1. The lowest BCUT2D eigenvalue weighted by atomic mass is 9.90. The van der Waals surface area contributed by atoms with Gasteiger partial charge in [0.25, 0.3) is 0 Å². The minimum Gasteiger partial charge on any atom is -0.458 e. The Morgan fingerprint density at radius 3 is 2.43 bits per heavy atom. The molecule has 0 spiro atoms. The monoisotopic (exact) mass is 312 g/mol. The molecular weight excluding hydrogens is 304 g/mol. The van der Waals surface area contributed by atoms with E-state index in [1.165, 1.54) is 24.3 Å². The van der Waals surface area contributed by atoms with Crippen LogP contribution in [0.15, 0.2) is 42.2 Å². The average molecular weight is 312 g/mol. The Morgan fingerprint density at radius 2 is 1.61 bits per heavy atom. The van der Waals surface area contributed by atoms with E-state index in [0.29, 0.717) is 11.5 Å². The molecule has 1 aromatic carbocycles. The third-order valence-corrected chi connectivity index (χ3v) is 3.80. The van der Waals surface area contributed by atoms with Crippen molar-refractivity contribution in [3.05, 3.63) is 53.3 Å². The van der Waals surface area contributed by atoms with Gasteiger partial charge >= 0.3 is 23.9 Å². The Labute approximate surface area is 129 Å². The quantitative estimate of drug-likeness (QED) is 0.597. The molecule has 0 amide bonds. The van der Waals surface area contributed by atoms with Gasteiger partial charge in [-0.2, -0.15) is 0 Å². The van der Waals surface area contributed by atoms with E-state index in [-0.39, 0.29) is 11.1 Å². The molecule has 1 aliphatic carbocycles. The van der Waals surface area contributed by atoms with Crippen LogP contribution in [0.25, 0.3) is 0 Å². The molecule has 2 aliphatic heterocycles. The van der Waals surface area contributed by atoms with Crippen LogP contribution in [0.5, 0.6) is 5.75 Å². The summed E-state index contributed by atoms with van der Waals surface area (Å²) in [6.45, 7) is 0. The molecule has 0 N–H and O–H groups in total. The van der Waals surface area contributed by atoms with E-state index in [1.54, 1.807) is 12.2 Å². The van der Waals surface area contributed by atoms with E-state index in [9.17, 15) is 19.2 Å². The van der Waals surface area contributed by atoms with Gasteiger partial charge < -0.3 is 14.2 Å². The summed E-state index contributed by atoms with van der Waals surface area (Å²) in [5.41, 5.74) is 0.307. The fourth-order valence-corrected chi connectivity index (χ4v) is 2.66. The number of carbonyl (C=O) groups is 4. The van der Waals surface area contributed by atoms with Crippen molar-refractivity contribution >= 4 is 23.9 Å². The first-order valence-electron chi connectivity index (χ1n) is 6.77. The van der Waals surface area contributed by atoms with Crippen LogP contribution in [-0.2, 0) is 19.1 Å². The van der Waals surface area contributed by atoms with Gasteiger partial charge in [0.05, 0.1) is 23.0 Å². The largest absolute Gasteiger partial charge is 0.458 e. The van der Waals surface area contributed by atoms with E-state index < -0.39 is 35.7 Å². The number of carbonyl (C=O) groups excluding carboxylic acids is 4. The fourth-order valence-electron chi connectivity index (χ4n) is 2.66. The van der Waals surface area contributed by atoms with Crippen LogP contribution in [-0.4, -0.2) is 23.9 Å². The predicted octanol–water partition coefficient (Wildman–Crippen LogP) is 1.15. The number of esters is 4. The second-order valence-electron chi connectivity index (χ2n) is 5.21. The van der Waals surface area contributed by atoms with Crippen molar-refractivity contribution in [2.45, 2.75) is 0 Å². The topological polar surface area (TPSA) is 96.0 Å². The number of rotatable bonds is 2. The van der Waals surface area contributed by atoms with E-state index in [2.05, 4.69) is 9.47 Å². The average Bonchev–Trinajstić information content (AvgIpc) is 2.96. The van der Waals surface area contributed by atoms with Crippen LogP contribution >= 0.6 is 0 Å². The smallest absolute Gasteiger partial charge is 0.347 e. The lowest BCUT2D eigenvalue weighted by Gasteiger charge is -2.14. The third-order valence-electron chi connectivity index (χ3n) is 3.80. The van der Waals surface area contributed by atoms with Crippen molar-refractivity contribution in [3.8, 4) is 5.75 Å². The molecule has 0 radical (unpaired) electrons. The molecule has 0 aromatic heterocycles. The Hall–Kier alpha value is -3.22. The lowest BCUT2D eigenvalue weighted by molar-refractivity contribution is -0.153. The highest BCUT2D eigenvalue weighted by Gasteiger charge is 2.43. The summed E-state index contributed by atoms with van der Waals surface area (Å²) in [6, 6.07) is 4.33. The van der Waals surface area contributed by atoms with E-state index in [1.807, 2.05) is 0 Å². The van der Waals surface area contributed by atoms with Crippen LogP contribution in [0, 0.1) is 11.8 Å². The molecule has 3 aliphatic rings. The van der Waals surface area contributed by atoms with Gasteiger partial charge in [-0.3, -0.25) is 9.59 Å². The second-order valence-corrected chi connectivity index (χ2v) is 5.21. The zero-order chi connectivity index (χ0) is 16.1. The maximum atomic E-state index is 11.6. The van der Waals surface area contributed by atoms with Gasteiger partial charge in [0, 0.05) is 0 Å². The van der Waals surface area contributed by atoms with Gasteiger partial charge in [-0.25, -0.2) is 9.59 Å². The summed E-state index contributed by atoms with van der Waals surface area (Å²) >= 11 is 0. The van der Waals surface area contributed by atoms with Crippen molar-refractivity contribution in [1.82, 2.24) is 0 Å². The molecule has 7 nitrogen and oxygen atoms in total. The SMILES string of the molecule is O=C1OC(=O)c2cc(OC3=CC4C(=O)OC(=O)C4C=C3)ccc21. The summed E-state index contributed by atoms with van der Waals surface area (Å²) in [4.78, 5) is 45.9. The van der Waals surface area contributed by atoms with Gasteiger partial charge in [-0.05, 0) is 30.4 Å². The molecule has 4 rings (SSSR count). The summed E-state index contributed by atoms with van der Waals surface area (Å²) in [7, 11) is 0. The van der Waals surface area contributed by atoms with E-state index >= 15 is 0 Å². The van der Waals surface area contributed by atoms with Crippen molar-refractivity contribution in [3.63, 3.8) is 0 Å². The number of benzene rings is 1. The van der Waals surface area contributed by atoms with Crippen molar-refractivity contribution in [2.75, 3.05) is 0 Å². The van der Waals surface area contributed by atoms with E-state index in [4.69, 9.17) is 4.74 Å². The highest BCUT2D eigenvalue weighted by Crippen LogP contribution is 2.32. The molecule has 1 fully saturated rings. The minimum absolute atomic E-state index is 0.126. The van der Waals surface area contributed by atoms with Crippen molar-refractivity contribution < 1.29 is 33.4 Å². The first-order chi connectivity index (χ1) is 11.0.